The van der Waals surface area contributed by atoms with Gasteiger partial charge in [-0.3, -0.25) is 4.79 Å². The summed E-state index contributed by atoms with van der Waals surface area (Å²) in [5.74, 6) is -0.171. The lowest BCUT2D eigenvalue weighted by Crippen LogP contribution is -2.35. The SMILES string of the molecule is COC(=O)N[C@@H]1Cc2ccc(NC(=O)c3cc(C)ccc3-c3ccc(Cl)cc3)cc2C1. The summed E-state index contributed by atoms with van der Waals surface area (Å²) in [6, 6.07) is 19.2. The van der Waals surface area contributed by atoms with E-state index in [9.17, 15) is 9.59 Å². The number of nitrogens with one attached hydrogen (secondary N) is 2. The molecule has 5 nitrogen and oxygen atoms in total. The third kappa shape index (κ3) is 4.72. The minimum absolute atomic E-state index is 0.00156. The van der Waals surface area contributed by atoms with Gasteiger partial charge in [0.15, 0.2) is 0 Å². The number of methoxy groups -OCH3 is 1. The predicted octanol–water partition coefficient (Wildman–Crippen LogP) is 5.39. The number of carbonyl (C=O) groups excluding carboxylic acids is 2. The highest BCUT2D eigenvalue weighted by Gasteiger charge is 2.24. The van der Waals surface area contributed by atoms with Crippen LogP contribution in [-0.2, 0) is 17.6 Å². The molecule has 0 saturated carbocycles. The molecule has 0 fully saturated rings. The summed E-state index contributed by atoms with van der Waals surface area (Å²) >= 11 is 6.02. The van der Waals surface area contributed by atoms with Crippen LogP contribution in [0.4, 0.5) is 10.5 Å². The molecular weight excluding hydrogens is 412 g/mol. The van der Waals surface area contributed by atoms with Crippen LogP contribution in [0.15, 0.2) is 60.7 Å². The topological polar surface area (TPSA) is 67.4 Å². The summed E-state index contributed by atoms with van der Waals surface area (Å²) in [6.45, 7) is 1.96. The third-order valence-electron chi connectivity index (χ3n) is 5.48. The fourth-order valence-corrected chi connectivity index (χ4v) is 4.08. The van der Waals surface area contributed by atoms with Crippen LogP contribution in [0.2, 0.25) is 5.02 Å². The molecule has 3 aromatic carbocycles. The highest BCUT2D eigenvalue weighted by atomic mass is 35.5. The Hall–Kier alpha value is -3.31. The highest BCUT2D eigenvalue weighted by Crippen LogP contribution is 2.29. The fraction of sp³-hybridized carbons (Fsp3) is 0.200. The Morgan fingerprint density at radius 3 is 2.45 bits per heavy atom. The monoisotopic (exact) mass is 434 g/mol. The number of hydrogen-bond donors (Lipinski definition) is 2. The van der Waals surface area contributed by atoms with E-state index in [0.29, 0.717) is 17.0 Å². The van der Waals surface area contributed by atoms with E-state index in [-0.39, 0.29) is 11.9 Å². The zero-order valence-electron chi connectivity index (χ0n) is 17.4. The van der Waals surface area contributed by atoms with Crippen LogP contribution >= 0.6 is 11.6 Å². The van der Waals surface area contributed by atoms with Gasteiger partial charge in [0.05, 0.1) is 7.11 Å². The zero-order valence-corrected chi connectivity index (χ0v) is 18.1. The van der Waals surface area contributed by atoms with E-state index in [1.54, 1.807) is 0 Å². The summed E-state index contributed by atoms with van der Waals surface area (Å²) in [7, 11) is 1.36. The van der Waals surface area contributed by atoms with E-state index in [0.717, 1.165) is 39.9 Å². The second-order valence-corrected chi connectivity index (χ2v) is 8.17. The maximum atomic E-state index is 13.2. The second kappa shape index (κ2) is 8.82. The number of hydrogen-bond acceptors (Lipinski definition) is 3. The van der Waals surface area contributed by atoms with Crippen LogP contribution in [0.3, 0.4) is 0 Å². The number of carbonyl (C=O) groups is 2. The van der Waals surface area contributed by atoms with Gasteiger partial charge in [0.1, 0.15) is 0 Å². The molecule has 0 saturated heterocycles. The molecule has 0 spiro atoms. The van der Waals surface area contributed by atoms with Crippen molar-refractivity contribution in [3.63, 3.8) is 0 Å². The minimum Gasteiger partial charge on any atom is -0.453 e. The number of amides is 2. The van der Waals surface area contributed by atoms with Crippen molar-refractivity contribution in [2.75, 3.05) is 12.4 Å². The molecule has 3 aromatic rings. The van der Waals surface area contributed by atoms with Gasteiger partial charge in [-0.25, -0.2) is 4.79 Å². The maximum absolute atomic E-state index is 13.2. The zero-order chi connectivity index (χ0) is 22.0. The van der Waals surface area contributed by atoms with Crippen LogP contribution in [0.5, 0.6) is 0 Å². The van der Waals surface area contributed by atoms with Crippen LogP contribution < -0.4 is 10.6 Å². The quantitative estimate of drug-likeness (QED) is 0.578. The first-order chi connectivity index (χ1) is 14.9. The van der Waals surface area contributed by atoms with Crippen molar-refractivity contribution in [2.45, 2.75) is 25.8 Å². The number of rotatable bonds is 4. The fourth-order valence-electron chi connectivity index (χ4n) is 3.95. The van der Waals surface area contributed by atoms with Gasteiger partial charge >= 0.3 is 6.09 Å². The molecule has 0 bridgehead atoms. The molecule has 4 rings (SSSR count). The molecule has 0 radical (unpaired) electrons. The van der Waals surface area contributed by atoms with Crippen LogP contribution in [0, 0.1) is 6.92 Å². The first-order valence-corrected chi connectivity index (χ1v) is 10.4. The number of benzene rings is 3. The van der Waals surface area contributed by atoms with Gasteiger partial charge in [-0.05, 0) is 72.4 Å². The molecule has 158 valence electrons. The summed E-state index contributed by atoms with van der Waals surface area (Å²) in [5.41, 5.74) is 6.40. The first-order valence-electron chi connectivity index (χ1n) is 10.1. The maximum Gasteiger partial charge on any atom is 0.407 e. The molecule has 2 N–H and O–H groups in total. The molecule has 0 aliphatic heterocycles. The Bertz CT molecular complexity index is 1140. The molecule has 1 aliphatic carbocycles. The average molecular weight is 435 g/mol. The van der Waals surface area contributed by atoms with Crippen molar-refractivity contribution in [3.8, 4) is 11.1 Å². The largest absolute Gasteiger partial charge is 0.453 e. The number of ether oxygens (including phenoxy) is 1. The van der Waals surface area contributed by atoms with Crippen LogP contribution in [-0.4, -0.2) is 25.2 Å². The van der Waals surface area contributed by atoms with Crippen molar-refractivity contribution in [3.05, 3.63) is 87.9 Å². The summed E-state index contributed by atoms with van der Waals surface area (Å²) < 4.78 is 4.69. The summed E-state index contributed by atoms with van der Waals surface area (Å²) in [6.07, 6.45) is 1.02. The van der Waals surface area contributed by atoms with Crippen molar-refractivity contribution in [2.24, 2.45) is 0 Å². The molecule has 6 heteroatoms. The molecular formula is C25H23ClN2O3. The number of alkyl carbamates (subject to hydrolysis) is 1. The van der Waals surface area contributed by atoms with Gasteiger partial charge in [0.2, 0.25) is 0 Å². The van der Waals surface area contributed by atoms with E-state index >= 15 is 0 Å². The Kier molecular flexibility index (Phi) is 5.96. The number of aryl methyl sites for hydroxylation is 1. The molecule has 0 aromatic heterocycles. The summed E-state index contributed by atoms with van der Waals surface area (Å²) in [4.78, 5) is 24.7. The smallest absolute Gasteiger partial charge is 0.407 e. The molecule has 31 heavy (non-hydrogen) atoms. The Labute approximate surface area is 186 Å². The lowest BCUT2D eigenvalue weighted by atomic mass is 9.97. The predicted molar refractivity (Wildman–Crippen MR) is 123 cm³/mol. The van der Waals surface area contributed by atoms with Gasteiger partial charge < -0.3 is 15.4 Å². The highest BCUT2D eigenvalue weighted by molar-refractivity contribution is 6.30. The standard InChI is InChI=1S/C25H23ClN2O3/c1-15-3-10-22(16-4-7-19(26)8-5-16)23(11-15)24(29)27-20-9-6-17-12-21(14-18(17)13-20)28-25(30)31-2/h3-11,13,21H,12,14H2,1-2H3,(H,27,29)(H,28,30)/t21-/m1/s1. The average Bonchev–Trinajstić information content (AvgIpc) is 3.15. The first kappa shape index (κ1) is 20.9. The van der Waals surface area contributed by atoms with Gasteiger partial charge in [-0.2, -0.15) is 0 Å². The van der Waals surface area contributed by atoms with E-state index in [1.165, 1.54) is 7.11 Å². The Morgan fingerprint density at radius 1 is 0.968 bits per heavy atom. The second-order valence-electron chi connectivity index (χ2n) is 7.73. The van der Waals surface area contributed by atoms with Gasteiger partial charge in [0.25, 0.3) is 5.91 Å². The molecule has 1 aliphatic rings. The molecule has 2 amide bonds. The Morgan fingerprint density at radius 2 is 1.71 bits per heavy atom. The van der Waals surface area contributed by atoms with Crippen molar-refractivity contribution in [1.29, 1.82) is 0 Å². The van der Waals surface area contributed by atoms with E-state index < -0.39 is 6.09 Å². The van der Waals surface area contributed by atoms with Gasteiger partial charge in [-0.1, -0.05) is 47.5 Å². The molecule has 1 atom stereocenters. The lowest BCUT2D eigenvalue weighted by molar-refractivity contribution is 0.102. The van der Waals surface area contributed by atoms with E-state index in [1.807, 2.05) is 67.6 Å². The van der Waals surface area contributed by atoms with Crippen molar-refractivity contribution in [1.82, 2.24) is 5.32 Å². The number of fused-ring (bicyclic) bond motifs is 1. The third-order valence-corrected chi connectivity index (χ3v) is 5.73. The van der Waals surface area contributed by atoms with Crippen LogP contribution in [0.25, 0.3) is 11.1 Å². The van der Waals surface area contributed by atoms with Gasteiger partial charge in [0, 0.05) is 22.3 Å². The number of anilines is 1. The normalized spacial score (nSPS) is 14.6. The van der Waals surface area contributed by atoms with Crippen molar-refractivity contribution >= 4 is 29.3 Å². The molecule has 0 heterocycles. The lowest BCUT2D eigenvalue weighted by Gasteiger charge is -2.13. The van der Waals surface area contributed by atoms with Gasteiger partial charge in [-0.15, -0.1) is 0 Å². The number of halogens is 1. The van der Waals surface area contributed by atoms with Crippen LogP contribution in [0.1, 0.15) is 27.0 Å². The Balaban J connectivity index is 1.55. The molecule has 0 unspecified atom stereocenters. The van der Waals surface area contributed by atoms with E-state index in [4.69, 9.17) is 11.6 Å². The van der Waals surface area contributed by atoms with E-state index in [2.05, 4.69) is 15.4 Å². The minimum atomic E-state index is -0.430. The van der Waals surface area contributed by atoms with Crippen molar-refractivity contribution < 1.29 is 14.3 Å². The summed E-state index contributed by atoms with van der Waals surface area (Å²) in [5, 5.41) is 6.52.